The summed E-state index contributed by atoms with van der Waals surface area (Å²) in [6, 6.07) is 13.4. The Morgan fingerprint density at radius 3 is 2.41 bits per heavy atom. The third-order valence-electron chi connectivity index (χ3n) is 4.88. The highest BCUT2D eigenvalue weighted by Gasteiger charge is 2.25. The molecule has 0 aliphatic carbocycles. The van der Waals surface area contributed by atoms with Crippen molar-refractivity contribution in [2.24, 2.45) is 0 Å². The lowest BCUT2D eigenvalue weighted by molar-refractivity contribution is 0.0742. The van der Waals surface area contributed by atoms with Crippen molar-refractivity contribution in [3.8, 4) is 0 Å². The molecule has 27 heavy (non-hydrogen) atoms. The van der Waals surface area contributed by atoms with E-state index in [9.17, 15) is 14.0 Å². The fourth-order valence-corrected chi connectivity index (χ4v) is 3.38. The molecule has 5 nitrogen and oxygen atoms in total. The number of carbonyl (C=O) groups is 1. The van der Waals surface area contributed by atoms with Crippen molar-refractivity contribution in [2.45, 2.75) is 6.92 Å². The van der Waals surface area contributed by atoms with Gasteiger partial charge >= 0.3 is 5.63 Å². The lowest BCUT2D eigenvalue weighted by Crippen LogP contribution is -2.49. The van der Waals surface area contributed by atoms with Crippen molar-refractivity contribution < 1.29 is 13.6 Å². The first-order chi connectivity index (χ1) is 13.0. The second-order valence-corrected chi connectivity index (χ2v) is 6.74. The molecule has 0 spiro atoms. The van der Waals surface area contributed by atoms with Gasteiger partial charge in [0.05, 0.1) is 0 Å². The predicted octanol–water partition coefficient (Wildman–Crippen LogP) is 3.20. The van der Waals surface area contributed by atoms with Crippen LogP contribution in [0.25, 0.3) is 11.0 Å². The van der Waals surface area contributed by atoms with Gasteiger partial charge in [0.15, 0.2) is 0 Å². The molecule has 0 unspecified atom stereocenters. The molecular weight excluding hydrogens is 347 g/mol. The van der Waals surface area contributed by atoms with Gasteiger partial charge in [-0.25, -0.2) is 9.18 Å². The molecule has 138 valence electrons. The highest BCUT2D eigenvalue weighted by Crippen LogP contribution is 2.19. The zero-order chi connectivity index (χ0) is 19.0. The second-order valence-electron chi connectivity index (χ2n) is 6.74. The maximum Gasteiger partial charge on any atom is 0.349 e. The fraction of sp³-hybridized carbons (Fsp3) is 0.238. The van der Waals surface area contributed by atoms with Crippen molar-refractivity contribution in [1.82, 2.24) is 4.90 Å². The van der Waals surface area contributed by atoms with E-state index in [4.69, 9.17) is 4.42 Å². The van der Waals surface area contributed by atoms with Crippen molar-refractivity contribution in [1.29, 1.82) is 0 Å². The molecule has 0 saturated carbocycles. The normalized spacial score (nSPS) is 14.6. The highest BCUT2D eigenvalue weighted by atomic mass is 19.1. The van der Waals surface area contributed by atoms with Crippen molar-refractivity contribution in [3.63, 3.8) is 0 Å². The molecular formula is C21H19FN2O3. The van der Waals surface area contributed by atoms with Gasteiger partial charge in [-0.1, -0.05) is 11.6 Å². The van der Waals surface area contributed by atoms with Crippen LogP contribution in [-0.2, 0) is 0 Å². The van der Waals surface area contributed by atoms with Crippen LogP contribution in [0.4, 0.5) is 10.1 Å². The van der Waals surface area contributed by atoms with E-state index < -0.39 is 5.63 Å². The first kappa shape index (κ1) is 17.3. The average Bonchev–Trinajstić information content (AvgIpc) is 2.68. The van der Waals surface area contributed by atoms with Crippen LogP contribution in [0, 0.1) is 12.7 Å². The minimum absolute atomic E-state index is 0.0586. The van der Waals surface area contributed by atoms with Crippen LogP contribution in [0.2, 0.25) is 0 Å². The van der Waals surface area contributed by atoms with Crippen molar-refractivity contribution in [3.05, 3.63) is 75.9 Å². The van der Waals surface area contributed by atoms with Crippen molar-refractivity contribution in [2.75, 3.05) is 31.1 Å². The second kappa shape index (κ2) is 6.87. The van der Waals surface area contributed by atoms with E-state index in [0.29, 0.717) is 31.8 Å². The van der Waals surface area contributed by atoms with Gasteiger partial charge in [0.25, 0.3) is 5.91 Å². The van der Waals surface area contributed by atoms with E-state index in [-0.39, 0.29) is 17.3 Å². The first-order valence-corrected chi connectivity index (χ1v) is 8.85. The molecule has 0 bridgehead atoms. The van der Waals surface area contributed by atoms with E-state index in [0.717, 1.165) is 16.6 Å². The van der Waals surface area contributed by atoms with E-state index in [1.165, 1.54) is 12.1 Å². The predicted molar refractivity (Wildman–Crippen MR) is 102 cm³/mol. The van der Waals surface area contributed by atoms with Crippen LogP contribution in [0.5, 0.6) is 0 Å². The lowest BCUT2D eigenvalue weighted by Gasteiger charge is -2.36. The summed E-state index contributed by atoms with van der Waals surface area (Å²) in [6.45, 7) is 4.16. The summed E-state index contributed by atoms with van der Waals surface area (Å²) in [5.41, 5.74) is 1.87. The number of carbonyl (C=O) groups excluding carboxylic acids is 1. The summed E-state index contributed by atoms with van der Waals surface area (Å²) in [7, 11) is 0. The lowest BCUT2D eigenvalue weighted by atomic mass is 10.1. The number of fused-ring (bicyclic) bond motifs is 1. The Bertz CT molecular complexity index is 1050. The fourth-order valence-electron chi connectivity index (χ4n) is 3.38. The van der Waals surface area contributed by atoms with E-state index >= 15 is 0 Å². The van der Waals surface area contributed by atoms with Gasteiger partial charge in [-0.3, -0.25) is 4.79 Å². The molecule has 4 rings (SSSR count). The third-order valence-corrected chi connectivity index (χ3v) is 4.88. The van der Waals surface area contributed by atoms with Gasteiger partial charge in [-0.05, 0) is 49.4 Å². The van der Waals surface area contributed by atoms with Gasteiger partial charge in [0, 0.05) is 37.3 Å². The summed E-state index contributed by atoms with van der Waals surface area (Å²) < 4.78 is 18.4. The van der Waals surface area contributed by atoms with Gasteiger partial charge in [-0.15, -0.1) is 0 Å². The molecule has 1 amide bonds. The molecule has 1 aliphatic heterocycles. The number of anilines is 1. The Labute approximate surface area is 155 Å². The Morgan fingerprint density at radius 1 is 1.00 bits per heavy atom. The molecule has 0 radical (unpaired) electrons. The van der Waals surface area contributed by atoms with Crippen LogP contribution >= 0.6 is 0 Å². The van der Waals surface area contributed by atoms with E-state index in [2.05, 4.69) is 4.90 Å². The quantitative estimate of drug-likeness (QED) is 0.654. The highest BCUT2D eigenvalue weighted by molar-refractivity contribution is 5.96. The minimum atomic E-state index is -0.614. The van der Waals surface area contributed by atoms with Crippen LogP contribution < -0.4 is 10.5 Å². The molecule has 0 N–H and O–H groups in total. The molecule has 0 atom stereocenters. The Hall–Kier alpha value is -3.15. The van der Waals surface area contributed by atoms with E-state index in [1.807, 2.05) is 19.1 Å². The van der Waals surface area contributed by atoms with Crippen molar-refractivity contribution >= 4 is 22.6 Å². The number of amides is 1. The van der Waals surface area contributed by atoms with Gasteiger partial charge in [0.2, 0.25) is 0 Å². The van der Waals surface area contributed by atoms with Crippen LogP contribution in [0.15, 0.2) is 57.7 Å². The van der Waals surface area contributed by atoms with Crippen LogP contribution in [-0.4, -0.2) is 37.0 Å². The van der Waals surface area contributed by atoms with Gasteiger partial charge in [-0.2, -0.15) is 0 Å². The maximum atomic E-state index is 13.1. The standard InChI is InChI=1S/C21H19FN2O3/c1-14-2-7-19-15(12-14)13-18(21(26)27-19)20(25)24-10-8-23(9-11-24)17-5-3-16(22)4-6-17/h2-7,12-13H,8-11H2,1H3. The Balaban J connectivity index is 1.52. The summed E-state index contributed by atoms with van der Waals surface area (Å²) in [6.07, 6.45) is 0. The summed E-state index contributed by atoms with van der Waals surface area (Å²) in [4.78, 5) is 28.8. The number of aryl methyl sites for hydroxylation is 1. The molecule has 1 aliphatic rings. The van der Waals surface area contributed by atoms with Gasteiger partial charge < -0.3 is 14.2 Å². The topological polar surface area (TPSA) is 53.8 Å². The number of nitrogens with zero attached hydrogens (tertiary/aromatic N) is 2. The number of hydrogen-bond acceptors (Lipinski definition) is 4. The summed E-state index contributed by atoms with van der Waals surface area (Å²) in [5.74, 6) is -0.586. The van der Waals surface area contributed by atoms with Gasteiger partial charge in [0.1, 0.15) is 17.0 Å². The average molecular weight is 366 g/mol. The number of benzene rings is 2. The Morgan fingerprint density at radius 2 is 1.70 bits per heavy atom. The molecule has 2 aromatic carbocycles. The summed E-state index contributed by atoms with van der Waals surface area (Å²) >= 11 is 0. The molecule has 3 aromatic rings. The molecule has 1 saturated heterocycles. The largest absolute Gasteiger partial charge is 0.422 e. The zero-order valence-electron chi connectivity index (χ0n) is 14.9. The molecule has 1 aromatic heterocycles. The van der Waals surface area contributed by atoms with E-state index in [1.54, 1.807) is 29.2 Å². The SMILES string of the molecule is Cc1ccc2oc(=O)c(C(=O)N3CCN(c4ccc(F)cc4)CC3)cc2c1. The third kappa shape index (κ3) is 3.43. The number of rotatable bonds is 2. The smallest absolute Gasteiger partial charge is 0.349 e. The Kier molecular flexibility index (Phi) is 4.39. The monoisotopic (exact) mass is 366 g/mol. The molecule has 6 heteroatoms. The first-order valence-electron chi connectivity index (χ1n) is 8.85. The van der Waals surface area contributed by atoms with Crippen LogP contribution in [0.1, 0.15) is 15.9 Å². The number of hydrogen-bond donors (Lipinski definition) is 0. The molecule has 2 heterocycles. The number of halogens is 1. The molecule has 1 fully saturated rings. The number of piperazine rings is 1. The van der Waals surface area contributed by atoms with Crippen LogP contribution in [0.3, 0.4) is 0 Å². The zero-order valence-corrected chi connectivity index (χ0v) is 14.9. The maximum absolute atomic E-state index is 13.1. The minimum Gasteiger partial charge on any atom is -0.422 e. The summed E-state index contributed by atoms with van der Waals surface area (Å²) in [5, 5.41) is 0.739.